The summed E-state index contributed by atoms with van der Waals surface area (Å²) in [6.07, 6.45) is 1.78. The lowest BCUT2D eigenvalue weighted by atomic mass is 10.1. The first-order chi connectivity index (χ1) is 6.42. The van der Waals surface area contributed by atoms with Gasteiger partial charge in [-0.15, -0.1) is 0 Å². The smallest absolute Gasteiger partial charge is 0.0881 e. The molecule has 2 aromatic rings. The number of H-pyrrole nitrogens is 1. The van der Waals surface area contributed by atoms with Crippen molar-refractivity contribution in [2.75, 3.05) is 12.4 Å². The van der Waals surface area contributed by atoms with Crippen LogP contribution in [0.1, 0.15) is 0 Å². The van der Waals surface area contributed by atoms with E-state index in [4.69, 9.17) is 0 Å². The van der Waals surface area contributed by atoms with Crippen LogP contribution in [0.4, 0.5) is 5.69 Å². The Bertz CT molecular complexity index is 378. The molecule has 66 valence electrons. The Morgan fingerprint density at radius 2 is 2.00 bits per heavy atom. The third-order valence-corrected chi connectivity index (χ3v) is 1.97. The highest BCUT2D eigenvalue weighted by molar-refractivity contribution is 5.73. The lowest BCUT2D eigenvalue weighted by molar-refractivity contribution is 1.10. The summed E-state index contributed by atoms with van der Waals surface area (Å²) in [5.74, 6) is 0. The number of nitrogens with zero attached hydrogens (tertiary/aromatic N) is 1. The van der Waals surface area contributed by atoms with E-state index in [1.807, 2.05) is 37.4 Å². The summed E-state index contributed by atoms with van der Waals surface area (Å²) < 4.78 is 0. The number of hydrogen-bond donors (Lipinski definition) is 2. The fourth-order valence-electron chi connectivity index (χ4n) is 1.30. The van der Waals surface area contributed by atoms with Crippen molar-refractivity contribution in [1.29, 1.82) is 0 Å². The Hall–Kier alpha value is -1.77. The SMILES string of the molecule is CNc1cn[nH]c1-c1ccccc1. The largest absolute Gasteiger partial charge is 0.385 e. The van der Waals surface area contributed by atoms with Crippen molar-refractivity contribution in [3.05, 3.63) is 36.5 Å². The highest BCUT2D eigenvalue weighted by atomic mass is 15.1. The molecule has 1 aromatic heterocycles. The van der Waals surface area contributed by atoms with Crippen LogP contribution in [0.2, 0.25) is 0 Å². The monoisotopic (exact) mass is 173 g/mol. The average Bonchev–Trinajstić information content (AvgIpc) is 2.67. The summed E-state index contributed by atoms with van der Waals surface area (Å²) in [5, 5.41) is 10.0. The molecule has 1 heterocycles. The molecule has 0 atom stereocenters. The lowest BCUT2D eigenvalue weighted by Gasteiger charge is -2.00. The molecular formula is C10H11N3. The minimum atomic E-state index is 1.02. The van der Waals surface area contributed by atoms with E-state index in [2.05, 4.69) is 15.5 Å². The molecule has 0 unspecified atom stereocenters. The first kappa shape index (κ1) is 7.86. The maximum Gasteiger partial charge on any atom is 0.0881 e. The molecule has 1 aromatic carbocycles. The fraction of sp³-hybridized carbons (Fsp3) is 0.100. The zero-order valence-corrected chi connectivity index (χ0v) is 7.41. The van der Waals surface area contributed by atoms with Gasteiger partial charge < -0.3 is 5.32 Å². The van der Waals surface area contributed by atoms with Crippen LogP contribution in [0, 0.1) is 0 Å². The Morgan fingerprint density at radius 1 is 1.23 bits per heavy atom. The molecule has 0 aliphatic carbocycles. The second-order valence-electron chi connectivity index (χ2n) is 2.77. The van der Waals surface area contributed by atoms with Crippen molar-refractivity contribution in [2.24, 2.45) is 0 Å². The summed E-state index contributed by atoms with van der Waals surface area (Å²) in [6.45, 7) is 0. The number of anilines is 1. The number of benzene rings is 1. The molecule has 0 amide bonds. The van der Waals surface area contributed by atoms with E-state index < -0.39 is 0 Å². The Morgan fingerprint density at radius 3 is 2.69 bits per heavy atom. The Labute approximate surface area is 76.8 Å². The highest BCUT2D eigenvalue weighted by Crippen LogP contribution is 2.23. The number of rotatable bonds is 2. The van der Waals surface area contributed by atoms with Crippen molar-refractivity contribution in [2.45, 2.75) is 0 Å². The maximum atomic E-state index is 3.98. The van der Waals surface area contributed by atoms with Crippen molar-refractivity contribution in [3.8, 4) is 11.3 Å². The van der Waals surface area contributed by atoms with Gasteiger partial charge in [0.2, 0.25) is 0 Å². The molecule has 2 N–H and O–H groups in total. The molecule has 13 heavy (non-hydrogen) atoms. The number of hydrogen-bond acceptors (Lipinski definition) is 2. The lowest BCUT2D eigenvalue weighted by Crippen LogP contribution is -1.88. The molecule has 0 bridgehead atoms. The van der Waals surface area contributed by atoms with Crippen LogP contribution in [-0.2, 0) is 0 Å². The molecule has 0 spiro atoms. The topological polar surface area (TPSA) is 40.7 Å². The van der Waals surface area contributed by atoms with Crippen LogP contribution in [0.25, 0.3) is 11.3 Å². The van der Waals surface area contributed by atoms with Crippen molar-refractivity contribution < 1.29 is 0 Å². The standard InChI is InChI=1S/C10H11N3/c1-11-9-7-12-13-10(9)8-5-3-2-4-6-8/h2-7,11H,1H3,(H,12,13). The number of nitrogens with one attached hydrogen (secondary N) is 2. The normalized spacial score (nSPS) is 9.92. The molecule has 2 rings (SSSR count). The van der Waals surface area contributed by atoms with E-state index in [0.29, 0.717) is 0 Å². The molecular weight excluding hydrogens is 162 g/mol. The molecule has 0 aliphatic rings. The van der Waals surface area contributed by atoms with Crippen LogP contribution in [0.3, 0.4) is 0 Å². The van der Waals surface area contributed by atoms with Gasteiger partial charge in [0.25, 0.3) is 0 Å². The van der Waals surface area contributed by atoms with Crippen molar-refractivity contribution in [1.82, 2.24) is 10.2 Å². The molecule has 0 fully saturated rings. The second kappa shape index (κ2) is 3.31. The minimum Gasteiger partial charge on any atom is -0.385 e. The maximum absolute atomic E-state index is 3.98. The molecule has 0 saturated heterocycles. The first-order valence-corrected chi connectivity index (χ1v) is 4.18. The zero-order chi connectivity index (χ0) is 9.10. The van der Waals surface area contributed by atoms with Crippen molar-refractivity contribution in [3.63, 3.8) is 0 Å². The van der Waals surface area contributed by atoms with Gasteiger partial charge >= 0.3 is 0 Å². The van der Waals surface area contributed by atoms with E-state index in [0.717, 1.165) is 16.9 Å². The van der Waals surface area contributed by atoms with Gasteiger partial charge in [-0.25, -0.2) is 0 Å². The van der Waals surface area contributed by atoms with E-state index in [-0.39, 0.29) is 0 Å². The van der Waals surface area contributed by atoms with Crippen LogP contribution in [0.15, 0.2) is 36.5 Å². The van der Waals surface area contributed by atoms with E-state index in [1.165, 1.54) is 0 Å². The predicted molar refractivity (Wildman–Crippen MR) is 53.6 cm³/mol. The quantitative estimate of drug-likeness (QED) is 0.730. The Kier molecular flexibility index (Phi) is 2.00. The summed E-state index contributed by atoms with van der Waals surface area (Å²) in [7, 11) is 1.89. The third-order valence-electron chi connectivity index (χ3n) is 1.97. The Balaban J connectivity index is 2.47. The highest BCUT2D eigenvalue weighted by Gasteiger charge is 2.03. The summed E-state index contributed by atoms with van der Waals surface area (Å²) in [4.78, 5) is 0. The number of aromatic nitrogens is 2. The summed E-state index contributed by atoms with van der Waals surface area (Å²) in [5.41, 5.74) is 3.19. The van der Waals surface area contributed by atoms with Crippen LogP contribution < -0.4 is 5.32 Å². The van der Waals surface area contributed by atoms with E-state index in [9.17, 15) is 0 Å². The molecule has 3 nitrogen and oxygen atoms in total. The third kappa shape index (κ3) is 1.40. The average molecular weight is 173 g/mol. The van der Waals surface area contributed by atoms with E-state index in [1.54, 1.807) is 6.20 Å². The minimum absolute atomic E-state index is 1.02. The van der Waals surface area contributed by atoms with Gasteiger partial charge in [0.15, 0.2) is 0 Å². The molecule has 0 radical (unpaired) electrons. The van der Waals surface area contributed by atoms with Crippen LogP contribution in [-0.4, -0.2) is 17.2 Å². The molecule has 0 aliphatic heterocycles. The second-order valence-corrected chi connectivity index (χ2v) is 2.77. The fourth-order valence-corrected chi connectivity index (χ4v) is 1.30. The molecule has 3 heteroatoms. The van der Waals surface area contributed by atoms with Crippen molar-refractivity contribution >= 4 is 5.69 Å². The zero-order valence-electron chi connectivity index (χ0n) is 7.41. The number of aromatic amines is 1. The first-order valence-electron chi connectivity index (χ1n) is 4.18. The van der Waals surface area contributed by atoms with Gasteiger partial charge in [0.1, 0.15) is 0 Å². The van der Waals surface area contributed by atoms with Gasteiger partial charge in [0, 0.05) is 12.6 Å². The van der Waals surface area contributed by atoms with Crippen LogP contribution >= 0.6 is 0 Å². The van der Waals surface area contributed by atoms with Gasteiger partial charge in [0.05, 0.1) is 17.6 Å². The van der Waals surface area contributed by atoms with Gasteiger partial charge in [-0.3, -0.25) is 5.10 Å². The van der Waals surface area contributed by atoms with Gasteiger partial charge in [-0.05, 0) is 0 Å². The van der Waals surface area contributed by atoms with Crippen LogP contribution in [0.5, 0.6) is 0 Å². The summed E-state index contributed by atoms with van der Waals surface area (Å²) >= 11 is 0. The summed E-state index contributed by atoms with van der Waals surface area (Å²) in [6, 6.07) is 10.1. The van der Waals surface area contributed by atoms with E-state index >= 15 is 0 Å². The van der Waals surface area contributed by atoms with Gasteiger partial charge in [-0.1, -0.05) is 30.3 Å². The predicted octanol–water partition coefficient (Wildman–Crippen LogP) is 2.12. The molecule has 0 saturated carbocycles. The van der Waals surface area contributed by atoms with Gasteiger partial charge in [-0.2, -0.15) is 5.10 Å².